The van der Waals surface area contributed by atoms with E-state index < -0.39 is 0 Å². The Morgan fingerprint density at radius 1 is 1.10 bits per heavy atom. The predicted molar refractivity (Wildman–Crippen MR) is 116 cm³/mol. The average molecular weight is 403 g/mol. The molecule has 1 spiro atoms. The van der Waals surface area contributed by atoms with Crippen molar-refractivity contribution in [2.24, 2.45) is 17.3 Å². The zero-order valence-electron chi connectivity index (χ0n) is 17.7. The third kappa shape index (κ3) is 2.45. The topological polar surface area (TPSA) is 46.5 Å². The van der Waals surface area contributed by atoms with Crippen molar-refractivity contribution in [3.05, 3.63) is 64.8 Å². The second-order valence-electron chi connectivity index (χ2n) is 10.2. The van der Waals surface area contributed by atoms with E-state index in [0.717, 1.165) is 38.7 Å². The normalized spacial score (nSPS) is 39.7. The first-order valence-corrected chi connectivity index (χ1v) is 11.6. The van der Waals surface area contributed by atoms with Gasteiger partial charge in [-0.1, -0.05) is 36.8 Å². The van der Waals surface area contributed by atoms with Crippen molar-refractivity contribution >= 4 is 5.78 Å². The van der Waals surface area contributed by atoms with Crippen LogP contribution in [0.1, 0.15) is 63.4 Å². The van der Waals surface area contributed by atoms with Gasteiger partial charge in [0.25, 0.3) is 0 Å². The molecule has 156 valence electrons. The number of phenols is 1. The molecule has 4 aliphatic carbocycles. The van der Waals surface area contributed by atoms with Crippen LogP contribution in [0, 0.1) is 17.3 Å². The fourth-order valence-corrected chi connectivity index (χ4v) is 7.68. The molecule has 2 fully saturated rings. The van der Waals surface area contributed by atoms with Gasteiger partial charge in [0.05, 0.1) is 12.2 Å². The summed E-state index contributed by atoms with van der Waals surface area (Å²) in [7, 11) is 0. The first-order valence-electron chi connectivity index (χ1n) is 11.6. The first kappa shape index (κ1) is 18.6. The van der Waals surface area contributed by atoms with Gasteiger partial charge < -0.3 is 9.84 Å². The van der Waals surface area contributed by atoms with Gasteiger partial charge in [0.15, 0.2) is 5.78 Å². The van der Waals surface area contributed by atoms with Crippen LogP contribution in [-0.2, 0) is 9.53 Å². The Labute approximate surface area is 178 Å². The fraction of sp³-hybridized carbons (Fsp3) is 0.519. The molecule has 5 aliphatic rings. The van der Waals surface area contributed by atoms with Crippen molar-refractivity contribution in [3.8, 4) is 5.75 Å². The first-order chi connectivity index (χ1) is 14.5. The molecule has 0 radical (unpaired) electrons. The molecule has 5 atom stereocenters. The van der Waals surface area contributed by atoms with Crippen molar-refractivity contribution < 1.29 is 14.6 Å². The van der Waals surface area contributed by atoms with Crippen molar-refractivity contribution in [2.45, 2.75) is 63.4 Å². The minimum absolute atomic E-state index is 0.114. The van der Waals surface area contributed by atoms with Crippen LogP contribution in [0.4, 0.5) is 0 Å². The number of phenolic OH excluding ortho intramolecular Hbond substituents is 1. The summed E-state index contributed by atoms with van der Waals surface area (Å²) < 4.78 is 6.45. The lowest BCUT2D eigenvalue weighted by molar-refractivity contribution is -0.114. The molecule has 2 saturated carbocycles. The highest BCUT2D eigenvalue weighted by atomic mass is 16.5. The lowest BCUT2D eigenvalue weighted by Gasteiger charge is -2.54. The molecule has 1 aliphatic heterocycles. The summed E-state index contributed by atoms with van der Waals surface area (Å²) in [6, 6.07) is 7.86. The molecule has 1 aromatic carbocycles. The predicted octanol–water partition coefficient (Wildman–Crippen LogP) is 5.62. The third-order valence-electron chi connectivity index (χ3n) is 9.04. The van der Waals surface area contributed by atoms with Gasteiger partial charge in [0.1, 0.15) is 5.75 Å². The van der Waals surface area contributed by atoms with Crippen LogP contribution in [0.15, 0.2) is 59.2 Å². The molecular formula is C27H30O3. The van der Waals surface area contributed by atoms with Gasteiger partial charge in [0.2, 0.25) is 0 Å². The molecule has 0 aromatic heterocycles. The Kier molecular flexibility index (Phi) is 3.99. The lowest BCUT2D eigenvalue weighted by atomic mass is 9.51. The van der Waals surface area contributed by atoms with E-state index >= 15 is 0 Å². The molecule has 6 rings (SSSR count). The number of aromatic hydroxyl groups is 1. The van der Waals surface area contributed by atoms with Crippen LogP contribution >= 0.6 is 0 Å². The summed E-state index contributed by atoms with van der Waals surface area (Å²) in [5.41, 5.74) is 5.67. The Bertz CT molecular complexity index is 997. The summed E-state index contributed by atoms with van der Waals surface area (Å²) in [6.07, 6.45) is 13.7. The summed E-state index contributed by atoms with van der Waals surface area (Å²) in [6.45, 7) is 3.21. The van der Waals surface area contributed by atoms with Gasteiger partial charge in [0, 0.05) is 17.8 Å². The summed E-state index contributed by atoms with van der Waals surface area (Å²) >= 11 is 0. The van der Waals surface area contributed by atoms with E-state index in [1.807, 2.05) is 18.2 Å². The van der Waals surface area contributed by atoms with Crippen LogP contribution in [0.2, 0.25) is 0 Å². The highest BCUT2D eigenvalue weighted by Gasteiger charge is 2.63. The van der Waals surface area contributed by atoms with Crippen molar-refractivity contribution in [1.29, 1.82) is 0 Å². The average Bonchev–Trinajstić information content (AvgIpc) is 3.34. The fourth-order valence-electron chi connectivity index (χ4n) is 7.68. The molecule has 0 saturated heterocycles. The molecule has 0 unspecified atom stereocenters. The Hall–Kier alpha value is -2.13. The quantitative estimate of drug-likeness (QED) is 0.621. The maximum atomic E-state index is 12.1. The zero-order valence-corrected chi connectivity index (χ0v) is 17.7. The highest BCUT2D eigenvalue weighted by Crippen LogP contribution is 2.68. The monoisotopic (exact) mass is 402 g/mol. The number of hydrogen-bond donors (Lipinski definition) is 1. The number of carbonyl (C=O) groups is 1. The molecule has 1 aromatic rings. The molecule has 0 amide bonds. The summed E-state index contributed by atoms with van der Waals surface area (Å²) in [5, 5.41) is 9.88. The standard InChI is InChI=1S/C27H30O3/c1-26-16-23(17-3-6-19(28)7-4-17)25-21-10-8-20(29)15-18(21)5-9-22(25)24(26)11-13-27(26)12-2-14-30-27/h2-4,6-7,12,15,22-24,28H,5,8-11,13-14,16H2,1H3/t22-,23+,24-,26-,27-/m0/s1. The van der Waals surface area contributed by atoms with Crippen LogP contribution in [0.3, 0.4) is 0 Å². The Balaban J connectivity index is 1.53. The van der Waals surface area contributed by atoms with Gasteiger partial charge >= 0.3 is 0 Å². The number of ketones is 1. The van der Waals surface area contributed by atoms with E-state index in [1.165, 1.54) is 23.1 Å². The van der Waals surface area contributed by atoms with E-state index in [0.29, 0.717) is 35.7 Å². The van der Waals surface area contributed by atoms with Crippen LogP contribution in [0.5, 0.6) is 5.75 Å². The molecule has 0 bridgehead atoms. The molecule has 1 heterocycles. The van der Waals surface area contributed by atoms with Crippen molar-refractivity contribution in [1.82, 2.24) is 0 Å². The van der Waals surface area contributed by atoms with E-state index in [1.54, 1.807) is 5.57 Å². The SMILES string of the molecule is C[C@]12C[C@H](c3ccc(O)cc3)C3=C4CCC(=O)C=C4CC[C@H]3[C@@H]1CC[C@@]21C=CCO1. The lowest BCUT2D eigenvalue weighted by Crippen LogP contribution is -2.51. The van der Waals surface area contributed by atoms with E-state index in [-0.39, 0.29) is 11.0 Å². The highest BCUT2D eigenvalue weighted by molar-refractivity contribution is 5.93. The van der Waals surface area contributed by atoms with Crippen LogP contribution < -0.4 is 0 Å². The van der Waals surface area contributed by atoms with Crippen LogP contribution in [-0.4, -0.2) is 23.1 Å². The second-order valence-corrected chi connectivity index (χ2v) is 10.2. The van der Waals surface area contributed by atoms with Gasteiger partial charge in [-0.15, -0.1) is 0 Å². The Morgan fingerprint density at radius 2 is 1.93 bits per heavy atom. The number of fused-ring (bicyclic) bond motifs is 5. The number of ether oxygens (including phenoxy) is 1. The van der Waals surface area contributed by atoms with Gasteiger partial charge in [-0.05, 0) is 85.3 Å². The van der Waals surface area contributed by atoms with Gasteiger partial charge in [-0.2, -0.15) is 0 Å². The van der Waals surface area contributed by atoms with E-state index in [2.05, 4.69) is 31.2 Å². The molecular weight excluding hydrogens is 372 g/mol. The molecule has 30 heavy (non-hydrogen) atoms. The maximum absolute atomic E-state index is 12.1. The number of allylic oxidation sites excluding steroid dienone is 4. The number of benzene rings is 1. The summed E-state index contributed by atoms with van der Waals surface area (Å²) in [5.74, 6) is 2.14. The summed E-state index contributed by atoms with van der Waals surface area (Å²) in [4.78, 5) is 12.1. The van der Waals surface area contributed by atoms with E-state index in [4.69, 9.17) is 4.74 Å². The molecule has 1 N–H and O–H groups in total. The third-order valence-corrected chi connectivity index (χ3v) is 9.04. The second kappa shape index (κ2) is 6.43. The maximum Gasteiger partial charge on any atom is 0.156 e. The van der Waals surface area contributed by atoms with Gasteiger partial charge in [-0.3, -0.25) is 4.79 Å². The number of hydrogen-bond acceptors (Lipinski definition) is 3. The van der Waals surface area contributed by atoms with E-state index in [9.17, 15) is 9.90 Å². The Morgan fingerprint density at radius 3 is 2.70 bits per heavy atom. The minimum atomic E-state index is -0.123. The van der Waals surface area contributed by atoms with Crippen molar-refractivity contribution in [2.75, 3.05) is 6.61 Å². The molecule has 3 nitrogen and oxygen atoms in total. The number of rotatable bonds is 1. The van der Waals surface area contributed by atoms with Gasteiger partial charge in [-0.25, -0.2) is 0 Å². The van der Waals surface area contributed by atoms with Crippen LogP contribution in [0.25, 0.3) is 0 Å². The zero-order chi connectivity index (χ0) is 20.5. The number of carbonyl (C=O) groups excluding carboxylic acids is 1. The van der Waals surface area contributed by atoms with Crippen molar-refractivity contribution in [3.63, 3.8) is 0 Å². The minimum Gasteiger partial charge on any atom is -0.508 e. The smallest absolute Gasteiger partial charge is 0.156 e. The molecule has 3 heteroatoms. The largest absolute Gasteiger partial charge is 0.508 e.